The van der Waals surface area contributed by atoms with Crippen molar-refractivity contribution in [3.05, 3.63) is 41.7 Å². The van der Waals surface area contributed by atoms with E-state index >= 15 is 0 Å². The smallest absolute Gasteiger partial charge is 0.156 e. The number of rotatable bonds is 4. The number of anilines is 1. The Hall–Kier alpha value is -1.92. The van der Waals surface area contributed by atoms with Crippen LogP contribution in [0.4, 0.5) is 5.82 Å². The molecule has 0 saturated carbocycles. The van der Waals surface area contributed by atoms with Gasteiger partial charge in [0.2, 0.25) is 0 Å². The summed E-state index contributed by atoms with van der Waals surface area (Å²) in [6.45, 7) is 4.56. The van der Waals surface area contributed by atoms with E-state index in [9.17, 15) is 0 Å². The highest BCUT2D eigenvalue weighted by Crippen LogP contribution is 2.25. The summed E-state index contributed by atoms with van der Waals surface area (Å²) < 4.78 is 16.3. The molecule has 0 spiro atoms. The van der Waals surface area contributed by atoms with Crippen LogP contribution in [0, 0.1) is 6.92 Å². The summed E-state index contributed by atoms with van der Waals surface area (Å²) in [5, 5.41) is 0. The van der Waals surface area contributed by atoms with E-state index in [4.69, 9.17) is 13.9 Å². The number of furan rings is 1. The van der Waals surface area contributed by atoms with Crippen molar-refractivity contribution in [2.75, 3.05) is 31.7 Å². The molecule has 1 unspecified atom stereocenters. The highest BCUT2D eigenvalue weighted by molar-refractivity contribution is 5.40. The summed E-state index contributed by atoms with van der Waals surface area (Å²) in [4.78, 5) is 11.1. The van der Waals surface area contributed by atoms with Gasteiger partial charge in [0.15, 0.2) is 5.82 Å². The van der Waals surface area contributed by atoms with Gasteiger partial charge in [-0.05, 0) is 19.1 Å². The van der Waals surface area contributed by atoms with Crippen LogP contribution in [0.25, 0.3) is 0 Å². The van der Waals surface area contributed by atoms with Crippen LogP contribution < -0.4 is 4.90 Å². The summed E-state index contributed by atoms with van der Waals surface area (Å²) in [6.07, 6.45) is 1.61. The first-order valence-electron chi connectivity index (χ1n) is 6.99. The second-order valence-electron chi connectivity index (χ2n) is 5.04. The van der Waals surface area contributed by atoms with Gasteiger partial charge in [0, 0.05) is 25.4 Å². The van der Waals surface area contributed by atoms with E-state index in [1.165, 1.54) is 0 Å². The minimum Gasteiger partial charge on any atom is -0.467 e. The zero-order chi connectivity index (χ0) is 14.7. The fraction of sp³-hybridized carbons (Fsp3) is 0.467. The molecule has 1 atom stereocenters. The number of ether oxygens (including phenoxy) is 2. The van der Waals surface area contributed by atoms with Crippen molar-refractivity contribution in [3.63, 3.8) is 0 Å². The van der Waals surface area contributed by atoms with Crippen LogP contribution in [0.15, 0.2) is 28.9 Å². The van der Waals surface area contributed by atoms with E-state index in [0.29, 0.717) is 19.0 Å². The molecule has 1 fully saturated rings. The Morgan fingerprint density at radius 3 is 3.10 bits per heavy atom. The van der Waals surface area contributed by atoms with Crippen molar-refractivity contribution >= 4 is 5.82 Å². The summed E-state index contributed by atoms with van der Waals surface area (Å²) >= 11 is 0. The van der Waals surface area contributed by atoms with Crippen molar-refractivity contribution < 1.29 is 13.9 Å². The molecule has 0 aliphatic carbocycles. The highest BCUT2D eigenvalue weighted by atomic mass is 16.5. The molecule has 6 nitrogen and oxygen atoms in total. The third kappa shape index (κ3) is 3.22. The third-order valence-electron chi connectivity index (χ3n) is 3.41. The molecule has 0 aromatic carbocycles. The van der Waals surface area contributed by atoms with E-state index in [1.54, 1.807) is 13.4 Å². The topological polar surface area (TPSA) is 60.6 Å². The molecule has 0 N–H and O–H groups in total. The Morgan fingerprint density at radius 2 is 2.33 bits per heavy atom. The lowest BCUT2D eigenvalue weighted by atomic mass is 10.2. The van der Waals surface area contributed by atoms with Crippen molar-refractivity contribution in [2.45, 2.75) is 19.6 Å². The normalized spacial score (nSPS) is 19.0. The van der Waals surface area contributed by atoms with Gasteiger partial charge in [-0.1, -0.05) is 0 Å². The monoisotopic (exact) mass is 289 g/mol. The van der Waals surface area contributed by atoms with Gasteiger partial charge in [0.05, 0.1) is 19.4 Å². The molecule has 0 amide bonds. The molecule has 3 rings (SSSR count). The van der Waals surface area contributed by atoms with Crippen LogP contribution in [0.2, 0.25) is 0 Å². The summed E-state index contributed by atoms with van der Waals surface area (Å²) in [5.41, 5.74) is 0.938. The predicted molar refractivity (Wildman–Crippen MR) is 77.1 cm³/mol. The predicted octanol–water partition coefficient (Wildman–Crippen LogP) is 2.10. The fourth-order valence-electron chi connectivity index (χ4n) is 2.47. The van der Waals surface area contributed by atoms with Crippen LogP contribution in [0.5, 0.6) is 0 Å². The number of methoxy groups -OCH3 is 1. The molecule has 2 aromatic heterocycles. The van der Waals surface area contributed by atoms with Crippen LogP contribution in [-0.4, -0.2) is 36.8 Å². The van der Waals surface area contributed by atoms with E-state index in [1.807, 2.05) is 25.1 Å². The molecule has 0 bridgehead atoms. The number of hydrogen-bond donors (Lipinski definition) is 0. The quantitative estimate of drug-likeness (QED) is 0.859. The van der Waals surface area contributed by atoms with Gasteiger partial charge in [0.25, 0.3) is 0 Å². The minimum absolute atomic E-state index is 0.0603. The molecular formula is C15H19N3O3. The van der Waals surface area contributed by atoms with Crippen molar-refractivity contribution in [1.29, 1.82) is 0 Å². The first-order chi connectivity index (χ1) is 10.3. The van der Waals surface area contributed by atoms with Gasteiger partial charge in [-0.3, -0.25) is 0 Å². The molecule has 21 heavy (non-hydrogen) atoms. The number of morpholine rings is 1. The number of aryl methyl sites for hydroxylation is 1. The minimum atomic E-state index is -0.0603. The van der Waals surface area contributed by atoms with Crippen molar-refractivity contribution in [2.24, 2.45) is 0 Å². The standard InChI is InChI=1S/C15H19N3O3/c1-11-8-15(17-14(16-11)10-19-2)18-5-7-21-13(9-18)12-4-3-6-20-12/h3-4,6,8,13H,5,7,9-10H2,1-2H3. The first-order valence-corrected chi connectivity index (χ1v) is 6.99. The Kier molecular flexibility index (Phi) is 4.17. The maximum absolute atomic E-state index is 5.78. The van der Waals surface area contributed by atoms with Gasteiger partial charge in [-0.25, -0.2) is 9.97 Å². The van der Waals surface area contributed by atoms with Gasteiger partial charge in [-0.15, -0.1) is 0 Å². The lowest BCUT2D eigenvalue weighted by Gasteiger charge is -2.33. The molecule has 0 radical (unpaired) electrons. The molecule has 112 valence electrons. The molecule has 1 aliphatic rings. The second kappa shape index (κ2) is 6.24. The fourth-order valence-corrected chi connectivity index (χ4v) is 2.47. The Balaban J connectivity index is 1.79. The van der Waals surface area contributed by atoms with Gasteiger partial charge < -0.3 is 18.8 Å². The zero-order valence-corrected chi connectivity index (χ0v) is 12.3. The molecule has 1 saturated heterocycles. The average Bonchev–Trinajstić information content (AvgIpc) is 3.01. The van der Waals surface area contributed by atoms with E-state index in [2.05, 4.69) is 14.9 Å². The van der Waals surface area contributed by atoms with Crippen LogP contribution in [0.3, 0.4) is 0 Å². The first kappa shape index (κ1) is 14.0. The number of nitrogens with zero attached hydrogens (tertiary/aromatic N) is 3. The van der Waals surface area contributed by atoms with Gasteiger partial charge in [-0.2, -0.15) is 0 Å². The lowest BCUT2D eigenvalue weighted by Crippen LogP contribution is -2.39. The number of hydrogen-bond acceptors (Lipinski definition) is 6. The summed E-state index contributed by atoms with van der Waals surface area (Å²) in [7, 11) is 1.65. The maximum Gasteiger partial charge on any atom is 0.156 e. The zero-order valence-electron chi connectivity index (χ0n) is 12.3. The molecule has 2 aromatic rings. The highest BCUT2D eigenvalue weighted by Gasteiger charge is 2.25. The second-order valence-corrected chi connectivity index (χ2v) is 5.04. The van der Waals surface area contributed by atoms with Crippen LogP contribution in [-0.2, 0) is 16.1 Å². The van der Waals surface area contributed by atoms with Crippen molar-refractivity contribution in [1.82, 2.24) is 9.97 Å². The molecular weight excluding hydrogens is 270 g/mol. The third-order valence-corrected chi connectivity index (χ3v) is 3.41. The Morgan fingerprint density at radius 1 is 1.43 bits per heavy atom. The molecule has 3 heterocycles. The van der Waals surface area contributed by atoms with Crippen LogP contribution >= 0.6 is 0 Å². The maximum atomic E-state index is 5.78. The summed E-state index contributed by atoms with van der Waals surface area (Å²) in [6, 6.07) is 5.81. The largest absolute Gasteiger partial charge is 0.467 e. The molecule has 1 aliphatic heterocycles. The van der Waals surface area contributed by atoms with Crippen LogP contribution in [0.1, 0.15) is 23.4 Å². The van der Waals surface area contributed by atoms with E-state index in [0.717, 1.165) is 30.4 Å². The number of aromatic nitrogens is 2. The van der Waals surface area contributed by atoms with Gasteiger partial charge in [0.1, 0.15) is 24.3 Å². The summed E-state index contributed by atoms with van der Waals surface area (Å²) in [5.74, 6) is 2.46. The molecule has 6 heteroatoms. The van der Waals surface area contributed by atoms with E-state index < -0.39 is 0 Å². The van der Waals surface area contributed by atoms with Gasteiger partial charge >= 0.3 is 0 Å². The lowest BCUT2D eigenvalue weighted by molar-refractivity contribution is 0.0254. The Bertz CT molecular complexity index is 586. The van der Waals surface area contributed by atoms with E-state index in [-0.39, 0.29) is 6.10 Å². The van der Waals surface area contributed by atoms with Crippen molar-refractivity contribution in [3.8, 4) is 0 Å². The Labute approximate surface area is 123 Å². The average molecular weight is 289 g/mol. The SMILES string of the molecule is COCc1nc(C)cc(N2CCOC(c3ccco3)C2)n1.